The van der Waals surface area contributed by atoms with E-state index in [0.29, 0.717) is 11.3 Å². The Morgan fingerprint density at radius 2 is 2.11 bits per heavy atom. The summed E-state index contributed by atoms with van der Waals surface area (Å²) in [4.78, 5) is 11.8. The molecule has 1 aliphatic heterocycles. The molecule has 1 amide bonds. The fourth-order valence-corrected chi connectivity index (χ4v) is 1.95. The van der Waals surface area contributed by atoms with Crippen molar-refractivity contribution in [2.45, 2.75) is 18.9 Å². The molecule has 1 fully saturated rings. The summed E-state index contributed by atoms with van der Waals surface area (Å²) in [6, 6.07) is 8.40. The number of benzene rings is 1. The molecule has 0 radical (unpaired) electrons. The lowest BCUT2D eigenvalue weighted by Gasteiger charge is -2.11. The third kappa shape index (κ3) is 2.48. The Kier molecular flexibility index (Phi) is 3.57. The summed E-state index contributed by atoms with van der Waals surface area (Å²) in [5.41, 5.74) is 1.13. The van der Waals surface area contributed by atoms with Gasteiger partial charge in [0.1, 0.15) is 12.1 Å². The average Bonchev–Trinajstić information content (AvgIpc) is 2.92. The zero-order valence-electron chi connectivity index (χ0n) is 9.73. The molecule has 0 unspecified atom stereocenters. The molecule has 0 spiro atoms. The van der Waals surface area contributed by atoms with Gasteiger partial charge in [0.05, 0.1) is 17.2 Å². The van der Waals surface area contributed by atoms with Crippen LogP contribution in [-0.2, 0) is 4.79 Å². The number of nitrogens with one attached hydrogen (secondary N) is 2. The molecule has 0 aliphatic carbocycles. The van der Waals surface area contributed by atoms with Gasteiger partial charge in [-0.3, -0.25) is 4.79 Å². The molecule has 1 aromatic rings. The van der Waals surface area contributed by atoms with Crippen LogP contribution in [-0.4, -0.2) is 18.5 Å². The molecule has 90 valence electrons. The lowest BCUT2D eigenvalue weighted by atomic mass is 10.1. The molecule has 1 aromatic carbocycles. The van der Waals surface area contributed by atoms with E-state index >= 15 is 0 Å². The molecular weight excluding hydrogens is 228 g/mol. The number of carbonyl (C=O) groups is 1. The van der Waals surface area contributed by atoms with Gasteiger partial charge in [0, 0.05) is 5.69 Å². The van der Waals surface area contributed by atoms with Crippen LogP contribution in [0, 0.1) is 22.7 Å². The van der Waals surface area contributed by atoms with Gasteiger partial charge in [0.25, 0.3) is 0 Å². The van der Waals surface area contributed by atoms with Crippen LogP contribution < -0.4 is 10.6 Å². The number of rotatable bonds is 2. The molecule has 18 heavy (non-hydrogen) atoms. The van der Waals surface area contributed by atoms with Gasteiger partial charge in [0.15, 0.2) is 0 Å². The second kappa shape index (κ2) is 5.31. The zero-order valence-corrected chi connectivity index (χ0v) is 9.73. The minimum absolute atomic E-state index is 0.0962. The van der Waals surface area contributed by atoms with Crippen molar-refractivity contribution in [1.82, 2.24) is 5.32 Å². The third-order valence-electron chi connectivity index (χ3n) is 2.90. The van der Waals surface area contributed by atoms with Gasteiger partial charge in [-0.2, -0.15) is 10.5 Å². The number of carbonyl (C=O) groups excluding carboxylic acids is 1. The van der Waals surface area contributed by atoms with E-state index in [-0.39, 0.29) is 17.5 Å². The standard InChI is InChI=1S/C13H12N4O/c14-7-9-3-4-11(6-10(9)8-15)17-13(18)12-2-1-5-16-12/h3-4,6,12,16H,1-2,5H2,(H,17,18)/t12-/m1/s1. The van der Waals surface area contributed by atoms with Gasteiger partial charge < -0.3 is 10.6 Å². The second-order valence-corrected chi connectivity index (χ2v) is 4.12. The van der Waals surface area contributed by atoms with Gasteiger partial charge in [0.2, 0.25) is 5.91 Å². The first-order valence-corrected chi connectivity index (χ1v) is 5.73. The maximum Gasteiger partial charge on any atom is 0.241 e. The lowest BCUT2D eigenvalue weighted by Crippen LogP contribution is -2.35. The summed E-state index contributed by atoms with van der Waals surface area (Å²) in [6.45, 7) is 0.856. The Bertz CT molecular complexity index is 547. The van der Waals surface area contributed by atoms with Gasteiger partial charge in [-0.1, -0.05) is 0 Å². The number of anilines is 1. The number of hydrogen-bond donors (Lipinski definition) is 2. The molecule has 5 heteroatoms. The van der Waals surface area contributed by atoms with Crippen LogP contribution in [0.25, 0.3) is 0 Å². The van der Waals surface area contributed by atoms with E-state index in [4.69, 9.17) is 10.5 Å². The van der Waals surface area contributed by atoms with E-state index in [0.717, 1.165) is 19.4 Å². The Balaban J connectivity index is 2.13. The lowest BCUT2D eigenvalue weighted by molar-refractivity contribution is -0.117. The van der Waals surface area contributed by atoms with Crippen LogP contribution in [0.5, 0.6) is 0 Å². The van der Waals surface area contributed by atoms with Crippen molar-refractivity contribution >= 4 is 11.6 Å². The summed E-state index contributed by atoms with van der Waals surface area (Å²) in [6.07, 6.45) is 1.82. The van der Waals surface area contributed by atoms with Crippen molar-refractivity contribution in [3.8, 4) is 12.1 Å². The highest BCUT2D eigenvalue weighted by atomic mass is 16.2. The van der Waals surface area contributed by atoms with Crippen molar-refractivity contribution in [2.75, 3.05) is 11.9 Å². The molecule has 0 aromatic heterocycles. The predicted octanol–water partition coefficient (Wildman–Crippen LogP) is 1.12. The summed E-state index contributed by atoms with van der Waals surface area (Å²) < 4.78 is 0. The van der Waals surface area contributed by atoms with Crippen LogP contribution in [0.15, 0.2) is 18.2 Å². The number of nitriles is 2. The summed E-state index contributed by atoms with van der Waals surface area (Å²) in [5, 5.41) is 23.5. The molecule has 2 N–H and O–H groups in total. The highest BCUT2D eigenvalue weighted by molar-refractivity contribution is 5.95. The van der Waals surface area contributed by atoms with E-state index in [1.807, 2.05) is 12.1 Å². The molecule has 5 nitrogen and oxygen atoms in total. The number of amides is 1. The summed E-state index contributed by atoms with van der Waals surface area (Å²) in [5.74, 6) is -0.0962. The maximum absolute atomic E-state index is 11.8. The third-order valence-corrected chi connectivity index (χ3v) is 2.90. The van der Waals surface area contributed by atoms with Crippen LogP contribution in [0.4, 0.5) is 5.69 Å². The number of nitrogens with zero attached hydrogens (tertiary/aromatic N) is 2. The molecule has 1 heterocycles. The van der Waals surface area contributed by atoms with Gasteiger partial charge in [-0.05, 0) is 37.6 Å². The normalized spacial score (nSPS) is 17.8. The Morgan fingerprint density at radius 3 is 2.72 bits per heavy atom. The van der Waals surface area contributed by atoms with Crippen molar-refractivity contribution in [2.24, 2.45) is 0 Å². The van der Waals surface area contributed by atoms with Gasteiger partial charge >= 0.3 is 0 Å². The maximum atomic E-state index is 11.8. The largest absolute Gasteiger partial charge is 0.325 e. The van der Waals surface area contributed by atoms with Crippen LogP contribution >= 0.6 is 0 Å². The van der Waals surface area contributed by atoms with E-state index in [1.165, 1.54) is 12.1 Å². The average molecular weight is 240 g/mol. The van der Waals surface area contributed by atoms with Gasteiger partial charge in [-0.15, -0.1) is 0 Å². The second-order valence-electron chi connectivity index (χ2n) is 4.12. The number of hydrogen-bond acceptors (Lipinski definition) is 4. The highest BCUT2D eigenvalue weighted by Gasteiger charge is 2.21. The van der Waals surface area contributed by atoms with Crippen molar-refractivity contribution < 1.29 is 4.79 Å². The fraction of sp³-hybridized carbons (Fsp3) is 0.308. The first kappa shape index (κ1) is 12.1. The highest BCUT2D eigenvalue weighted by Crippen LogP contribution is 2.16. The molecule has 1 aliphatic rings. The smallest absolute Gasteiger partial charge is 0.241 e. The summed E-state index contributed by atoms with van der Waals surface area (Å²) in [7, 11) is 0. The van der Waals surface area contributed by atoms with E-state index in [1.54, 1.807) is 6.07 Å². The van der Waals surface area contributed by atoms with Gasteiger partial charge in [-0.25, -0.2) is 0 Å². The van der Waals surface area contributed by atoms with Crippen molar-refractivity contribution in [1.29, 1.82) is 10.5 Å². The first-order chi connectivity index (χ1) is 8.74. The van der Waals surface area contributed by atoms with Crippen LogP contribution in [0.2, 0.25) is 0 Å². The van der Waals surface area contributed by atoms with Crippen LogP contribution in [0.3, 0.4) is 0 Å². The Labute approximate surface area is 105 Å². The van der Waals surface area contributed by atoms with E-state index in [9.17, 15) is 4.79 Å². The molecule has 2 rings (SSSR count). The van der Waals surface area contributed by atoms with E-state index < -0.39 is 0 Å². The van der Waals surface area contributed by atoms with Crippen LogP contribution in [0.1, 0.15) is 24.0 Å². The Morgan fingerprint density at radius 1 is 1.33 bits per heavy atom. The molecule has 0 bridgehead atoms. The monoisotopic (exact) mass is 240 g/mol. The van der Waals surface area contributed by atoms with Crippen molar-refractivity contribution in [3.63, 3.8) is 0 Å². The fourth-order valence-electron chi connectivity index (χ4n) is 1.95. The minimum atomic E-state index is -0.161. The SMILES string of the molecule is N#Cc1ccc(NC(=O)[C@H]2CCCN2)cc1C#N. The molecular formula is C13H12N4O. The Hall–Kier alpha value is -2.37. The van der Waals surface area contributed by atoms with Crippen molar-refractivity contribution in [3.05, 3.63) is 29.3 Å². The zero-order chi connectivity index (χ0) is 13.0. The topological polar surface area (TPSA) is 88.7 Å². The molecule has 1 saturated heterocycles. The quantitative estimate of drug-likeness (QED) is 0.810. The molecule has 0 saturated carbocycles. The summed E-state index contributed by atoms with van der Waals surface area (Å²) >= 11 is 0. The molecule has 1 atom stereocenters. The first-order valence-electron chi connectivity index (χ1n) is 5.73. The minimum Gasteiger partial charge on any atom is -0.325 e. The van der Waals surface area contributed by atoms with E-state index in [2.05, 4.69) is 10.6 Å². The predicted molar refractivity (Wildman–Crippen MR) is 65.5 cm³/mol.